The molecule has 1 aliphatic heterocycles. The van der Waals surface area contributed by atoms with Gasteiger partial charge in [0, 0.05) is 31.9 Å². The maximum Gasteiger partial charge on any atom is 0.407 e. The van der Waals surface area contributed by atoms with Crippen LogP contribution >= 0.6 is 0 Å². The van der Waals surface area contributed by atoms with Crippen LogP contribution < -0.4 is 10.2 Å². The first-order chi connectivity index (χ1) is 11.5. The van der Waals surface area contributed by atoms with Crippen LogP contribution in [0.1, 0.15) is 20.8 Å². The maximum absolute atomic E-state index is 12.8. The fraction of sp³-hybridized carbons (Fsp3) is 0.556. The number of hydrogen-bond donors (Lipinski definition) is 1. The molecule has 1 heterocycles. The Morgan fingerprint density at radius 1 is 1.12 bits per heavy atom. The van der Waals surface area contributed by atoms with Crippen LogP contribution in [0.4, 0.5) is 10.5 Å². The summed E-state index contributed by atoms with van der Waals surface area (Å²) in [6.45, 7) is 8.78. The summed E-state index contributed by atoms with van der Waals surface area (Å²) in [7, 11) is 0. The van der Waals surface area contributed by atoms with Crippen LogP contribution in [-0.4, -0.2) is 55.7 Å². The Morgan fingerprint density at radius 2 is 1.75 bits per heavy atom. The summed E-state index contributed by atoms with van der Waals surface area (Å²) in [5.74, 6) is -0.0279. The fourth-order valence-electron chi connectivity index (χ4n) is 2.83. The SMILES string of the molecule is CCOC(=O)NC(C(=O)N1CCN(c2ccccc2)CC1)C(C)C. The average molecular weight is 333 g/mol. The molecule has 2 amide bonds. The lowest BCUT2D eigenvalue weighted by molar-refractivity contribution is -0.134. The second-order valence-electron chi connectivity index (χ2n) is 6.23. The number of benzene rings is 1. The zero-order chi connectivity index (χ0) is 17.5. The van der Waals surface area contributed by atoms with Gasteiger partial charge in [0.1, 0.15) is 6.04 Å². The van der Waals surface area contributed by atoms with Gasteiger partial charge in [0.15, 0.2) is 0 Å². The Labute approximate surface area is 143 Å². The number of alkyl carbamates (subject to hydrolysis) is 1. The normalized spacial score (nSPS) is 16.0. The molecule has 1 fully saturated rings. The Kier molecular flexibility index (Phi) is 6.46. The average Bonchev–Trinajstić information content (AvgIpc) is 2.60. The van der Waals surface area contributed by atoms with Gasteiger partial charge in [0.2, 0.25) is 5.91 Å². The molecule has 0 aliphatic carbocycles. The molecular formula is C18H27N3O3. The van der Waals surface area contributed by atoms with Gasteiger partial charge in [0.05, 0.1) is 6.61 Å². The monoisotopic (exact) mass is 333 g/mol. The lowest BCUT2D eigenvalue weighted by atomic mass is 10.0. The predicted molar refractivity (Wildman–Crippen MR) is 94.0 cm³/mol. The van der Waals surface area contributed by atoms with Crippen molar-refractivity contribution in [3.8, 4) is 0 Å². The highest BCUT2D eigenvalue weighted by Crippen LogP contribution is 2.17. The van der Waals surface area contributed by atoms with Gasteiger partial charge in [-0.15, -0.1) is 0 Å². The first kappa shape index (κ1) is 18.1. The molecule has 2 rings (SSSR count). The molecule has 1 N–H and O–H groups in total. The molecule has 1 aliphatic rings. The second-order valence-corrected chi connectivity index (χ2v) is 6.23. The van der Waals surface area contributed by atoms with E-state index < -0.39 is 12.1 Å². The van der Waals surface area contributed by atoms with Crippen molar-refractivity contribution in [2.45, 2.75) is 26.8 Å². The number of amides is 2. The largest absolute Gasteiger partial charge is 0.450 e. The molecule has 0 spiro atoms. The van der Waals surface area contributed by atoms with Crippen molar-refractivity contribution in [3.63, 3.8) is 0 Å². The smallest absolute Gasteiger partial charge is 0.407 e. The molecule has 24 heavy (non-hydrogen) atoms. The Bertz CT molecular complexity index is 540. The quantitative estimate of drug-likeness (QED) is 0.896. The molecule has 0 saturated carbocycles. The van der Waals surface area contributed by atoms with Gasteiger partial charge in [-0.2, -0.15) is 0 Å². The molecule has 1 aromatic carbocycles. The topological polar surface area (TPSA) is 61.9 Å². The van der Waals surface area contributed by atoms with E-state index in [1.807, 2.05) is 36.9 Å². The van der Waals surface area contributed by atoms with Gasteiger partial charge in [-0.25, -0.2) is 4.79 Å². The predicted octanol–water partition coefficient (Wildman–Crippen LogP) is 2.11. The summed E-state index contributed by atoms with van der Waals surface area (Å²) >= 11 is 0. The number of piperazine rings is 1. The highest BCUT2D eigenvalue weighted by atomic mass is 16.5. The Balaban J connectivity index is 1.93. The van der Waals surface area contributed by atoms with Crippen LogP contribution in [0.25, 0.3) is 0 Å². The number of rotatable bonds is 5. The van der Waals surface area contributed by atoms with E-state index in [1.165, 1.54) is 5.69 Å². The summed E-state index contributed by atoms with van der Waals surface area (Å²) in [6, 6.07) is 9.65. The van der Waals surface area contributed by atoms with E-state index in [9.17, 15) is 9.59 Å². The number of anilines is 1. The first-order valence-electron chi connectivity index (χ1n) is 8.55. The van der Waals surface area contributed by atoms with Crippen LogP contribution in [0.3, 0.4) is 0 Å². The van der Waals surface area contributed by atoms with Crippen LogP contribution in [0.5, 0.6) is 0 Å². The molecule has 1 unspecified atom stereocenters. The number of nitrogens with one attached hydrogen (secondary N) is 1. The number of para-hydroxylation sites is 1. The van der Waals surface area contributed by atoms with Crippen molar-refractivity contribution >= 4 is 17.7 Å². The molecule has 6 heteroatoms. The molecular weight excluding hydrogens is 306 g/mol. The molecule has 0 radical (unpaired) electrons. The Morgan fingerprint density at radius 3 is 2.29 bits per heavy atom. The van der Waals surface area contributed by atoms with Gasteiger partial charge < -0.3 is 19.9 Å². The minimum atomic E-state index is -0.549. The van der Waals surface area contributed by atoms with Crippen LogP contribution in [0.15, 0.2) is 30.3 Å². The molecule has 132 valence electrons. The summed E-state index contributed by atoms with van der Waals surface area (Å²) in [5, 5.41) is 2.69. The highest BCUT2D eigenvalue weighted by molar-refractivity contribution is 5.86. The molecule has 0 bridgehead atoms. The standard InChI is InChI=1S/C18H27N3O3/c1-4-24-18(23)19-16(14(2)3)17(22)21-12-10-20(11-13-21)15-8-6-5-7-9-15/h5-9,14,16H,4,10-13H2,1-3H3,(H,19,23). The number of nitrogens with zero attached hydrogens (tertiary/aromatic N) is 2. The number of carbonyl (C=O) groups excluding carboxylic acids is 2. The summed E-state index contributed by atoms with van der Waals surface area (Å²) in [6.07, 6.45) is -0.535. The molecule has 1 saturated heterocycles. The lowest BCUT2D eigenvalue weighted by Gasteiger charge is -2.38. The van der Waals surface area contributed by atoms with E-state index in [-0.39, 0.29) is 11.8 Å². The fourth-order valence-corrected chi connectivity index (χ4v) is 2.83. The van der Waals surface area contributed by atoms with Gasteiger partial charge in [-0.1, -0.05) is 32.0 Å². The maximum atomic E-state index is 12.8. The number of carbonyl (C=O) groups is 2. The summed E-state index contributed by atoms with van der Waals surface area (Å²) < 4.78 is 4.91. The van der Waals surface area contributed by atoms with Crippen LogP contribution in [0, 0.1) is 5.92 Å². The van der Waals surface area contributed by atoms with Gasteiger partial charge in [-0.3, -0.25) is 4.79 Å². The highest BCUT2D eigenvalue weighted by Gasteiger charge is 2.31. The summed E-state index contributed by atoms with van der Waals surface area (Å²) in [4.78, 5) is 28.5. The van der Waals surface area contributed by atoms with Crippen molar-refractivity contribution in [2.24, 2.45) is 5.92 Å². The van der Waals surface area contributed by atoms with Gasteiger partial charge >= 0.3 is 6.09 Å². The van der Waals surface area contributed by atoms with Crippen LogP contribution in [-0.2, 0) is 9.53 Å². The number of ether oxygens (including phenoxy) is 1. The molecule has 1 aromatic rings. The van der Waals surface area contributed by atoms with Crippen molar-refractivity contribution in [1.82, 2.24) is 10.2 Å². The molecule has 6 nitrogen and oxygen atoms in total. The molecule has 1 atom stereocenters. The van der Waals surface area contributed by atoms with E-state index in [2.05, 4.69) is 22.3 Å². The summed E-state index contributed by atoms with van der Waals surface area (Å²) in [5.41, 5.74) is 1.18. The minimum absolute atomic E-state index is 0.00839. The van der Waals surface area contributed by atoms with Crippen molar-refractivity contribution in [2.75, 3.05) is 37.7 Å². The number of hydrogen-bond acceptors (Lipinski definition) is 4. The zero-order valence-electron chi connectivity index (χ0n) is 14.7. The van der Waals surface area contributed by atoms with Gasteiger partial charge in [-0.05, 0) is 25.0 Å². The third-order valence-electron chi connectivity index (χ3n) is 4.19. The first-order valence-corrected chi connectivity index (χ1v) is 8.55. The van der Waals surface area contributed by atoms with Gasteiger partial charge in [0.25, 0.3) is 0 Å². The van der Waals surface area contributed by atoms with E-state index in [0.717, 1.165) is 13.1 Å². The zero-order valence-corrected chi connectivity index (χ0v) is 14.7. The third-order valence-corrected chi connectivity index (χ3v) is 4.19. The lowest BCUT2D eigenvalue weighted by Crippen LogP contribution is -2.56. The van der Waals surface area contributed by atoms with E-state index in [1.54, 1.807) is 6.92 Å². The van der Waals surface area contributed by atoms with E-state index >= 15 is 0 Å². The van der Waals surface area contributed by atoms with E-state index in [4.69, 9.17) is 4.74 Å². The van der Waals surface area contributed by atoms with Crippen molar-refractivity contribution in [3.05, 3.63) is 30.3 Å². The van der Waals surface area contributed by atoms with E-state index in [0.29, 0.717) is 19.7 Å². The second kappa shape index (κ2) is 8.57. The molecule has 0 aromatic heterocycles. The van der Waals surface area contributed by atoms with Crippen LogP contribution in [0.2, 0.25) is 0 Å². The van der Waals surface area contributed by atoms with Crippen molar-refractivity contribution in [1.29, 1.82) is 0 Å². The minimum Gasteiger partial charge on any atom is -0.450 e. The third kappa shape index (κ3) is 4.63. The Hall–Kier alpha value is -2.24. The van der Waals surface area contributed by atoms with Crippen molar-refractivity contribution < 1.29 is 14.3 Å².